The monoisotopic (exact) mass is 407 g/mol. The fourth-order valence-electron chi connectivity index (χ4n) is 3.06. The molecule has 1 heterocycles. The first-order chi connectivity index (χ1) is 12.9. The number of carbonyl (C=O) groups excluding carboxylic acids is 1. The lowest BCUT2D eigenvalue weighted by Crippen LogP contribution is -2.36. The molecular weight excluding hydrogens is 386 g/mol. The van der Waals surface area contributed by atoms with Gasteiger partial charge in [-0.25, -0.2) is 13.2 Å². The minimum atomic E-state index is -3.61. The molecule has 0 aliphatic carbocycles. The first-order valence-corrected chi connectivity index (χ1v) is 10.7. The number of rotatable bonds is 5. The van der Waals surface area contributed by atoms with Gasteiger partial charge in [0.1, 0.15) is 6.61 Å². The molecule has 0 spiro atoms. The van der Waals surface area contributed by atoms with E-state index in [-0.39, 0.29) is 17.1 Å². The Morgan fingerprint density at radius 1 is 1.07 bits per heavy atom. The summed E-state index contributed by atoms with van der Waals surface area (Å²) in [5.41, 5.74) is 1.65. The Bertz CT molecular complexity index is 919. The van der Waals surface area contributed by atoms with Gasteiger partial charge in [-0.05, 0) is 55.2 Å². The van der Waals surface area contributed by atoms with Crippen molar-refractivity contribution < 1.29 is 17.9 Å². The van der Waals surface area contributed by atoms with Crippen LogP contribution in [-0.2, 0) is 21.4 Å². The van der Waals surface area contributed by atoms with Crippen molar-refractivity contribution in [3.05, 3.63) is 64.2 Å². The molecule has 1 fully saturated rings. The van der Waals surface area contributed by atoms with Gasteiger partial charge in [0.15, 0.2) is 0 Å². The zero-order chi connectivity index (χ0) is 19.4. The lowest BCUT2D eigenvalue weighted by Gasteiger charge is -2.26. The average molecular weight is 408 g/mol. The Balaban J connectivity index is 1.77. The summed E-state index contributed by atoms with van der Waals surface area (Å²) in [7, 11) is -3.61. The molecule has 0 atom stereocenters. The molecule has 0 bridgehead atoms. The maximum absolute atomic E-state index is 13.0. The highest BCUT2D eigenvalue weighted by atomic mass is 35.5. The number of sulfonamides is 1. The van der Waals surface area contributed by atoms with Crippen molar-refractivity contribution in [3.63, 3.8) is 0 Å². The first-order valence-electron chi connectivity index (χ1n) is 8.90. The molecule has 1 saturated heterocycles. The zero-order valence-electron chi connectivity index (χ0n) is 15.2. The summed E-state index contributed by atoms with van der Waals surface area (Å²) in [6, 6.07) is 11.7. The highest BCUT2D eigenvalue weighted by Gasteiger charge is 2.28. The Morgan fingerprint density at radius 3 is 2.41 bits per heavy atom. The molecule has 0 amide bonds. The number of halogens is 1. The molecule has 3 rings (SSSR count). The summed E-state index contributed by atoms with van der Waals surface area (Å²) < 4.78 is 32.7. The lowest BCUT2D eigenvalue weighted by atomic mass is 10.1. The minimum Gasteiger partial charge on any atom is -0.457 e. The highest BCUT2D eigenvalue weighted by molar-refractivity contribution is 7.89. The summed E-state index contributed by atoms with van der Waals surface area (Å²) in [5, 5.41) is 0.608. The van der Waals surface area contributed by atoms with Gasteiger partial charge in [0, 0.05) is 18.1 Å². The number of nitrogens with zero attached hydrogens (tertiary/aromatic N) is 1. The molecule has 2 aromatic carbocycles. The van der Waals surface area contributed by atoms with E-state index in [1.54, 1.807) is 43.3 Å². The predicted octanol–water partition coefficient (Wildman–Crippen LogP) is 4.18. The highest BCUT2D eigenvalue weighted by Crippen LogP contribution is 2.25. The van der Waals surface area contributed by atoms with Crippen LogP contribution < -0.4 is 0 Å². The van der Waals surface area contributed by atoms with Crippen molar-refractivity contribution in [1.82, 2.24) is 4.31 Å². The van der Waals surface area contributed by atoms with Gasteiger partial charge >= 0.3 is 5.97 Å². The molecule has 2 aromatic rings. The topological polar surface area (TPSA) is 63.7 Å². The second kappa shape index (κ2) is 8.42. The van der Waals surface area contributed by atoms with Gasteiger partial charge in [-0.1, -0.05) is 36.2 Å². The van der Waals surface area contributed by atoms with E-state index in [1.165, 1.54) is 10.4 Å². The summed E-state index contributed by atoms with van der Waals surface area (Å²) >= 11 is 5.84. The minimum absolute atomic E-state index is 0.0953. The van der Waals surface area contributed by atoms with Crippen LogP contribution in [0.1, 0.15) is 40.7 Å². The van der Waals surface area contributed by atoms with Crippen LogP contribution in [0.25, 0.3) is 0 Å². The van der Waals surface area contributed by atoms with Crippen LogP contribution in [0, 0.1) is 6.92 Å². The van der Waals surface area contributed by atoms with Crippen LogP contribution in [0.2, 0.25) is 5.02 Å². The quantitative estimate of drug-likeness (QED) is 0.697. The Kier molecular flexibility index (Phi) is 6.19. The van der Waals surface area contributed by atoms with Crippen molar-refractivity contribution in [1.29, 1.82) is 0 Å². The molecule has 27 heavy (non-hydrogen) atoms. The molecule has 1 aliphatic rings. The van der Waals surface area contributed by atoms with Crippen LogP contribution in [0.15, 0.2) is 47.4 Å². The van der Waals surface area contributed by atoms with Gasteiger partial charge in [-0.3, -0.25) is 0 Å². The number of piperidine rings is 1. The summed E-state index contributed by atoms with van der Waals surface area (Å²) in [5.74, 6) is -0.556. The van der Waals surface area contributed by atoms with Gasteiger partial charge < -0.3 is 4.74 Å². The van der Waals surface area contributed by atoms with Crippen LogP contribution in [0.5, 0.6) is 0 Å². The fourth-order valence-corrected chi connectivity index (χ4v) is 4.96. The number of hydrogen-bond donors (Lipinski definition) is 0. The third kappa shape index (κ3) is 4.69. The van der Waals surface area contributed by atoms with Crippen LogP contribution >= 0.6 is 11.6 Å². The van der Waals surface area contributed by atoms with E-state index in [0.717, 1.165) is 24.8 Å². The summed E-state index contributed by atoms with van der Waals surface area (Å²) in [6.07, 6.45) is 2.77. The molecule has 7 heteroatoms. The molecule has 0 saturated carbocycles. The number of ether oxygens (including phenoxy) is 1. The van der Waals surface area contributed by atoms with Gasteiger partial charge in [0.25, 0.3) is 0 Å². The zero-order valence-corrected chi connectivity index (χ0v) is 16.7. The van der Waals surface area contributed by atoms with Gasteiger partial charge in [-0.15, -0.1) is 0 Å². The van der Waals surface area contributed by atoms with E-state index in [4.69, 9.17) is 16.3 Å². The summed E-state index contributed by atoms with van der Waals surface area (Å²) in [6.45, 7) is 2.87. The Hall–Kier alpha value is -1.89. The van der Waals surface area contributed by atoms with E-state index in [9.17, 15) is 13.2 Å². The number of hydrogen-bond acceptors (Lipinski definition) is 4. The normalized spacial score (nSPS) is 15.5. The predicted molar refractivity (Wildman–Crippen MR) is 104 cm³/mol. The molecule has 0 radical (unpaired) electrons. The smallest absolute Gasteiger partial charge is 0.338 e. The third-order valence-electron chi connectivity index (χ3n) is 4.64. The van der Waals surface area contributed by atoms with Crippen LogP contribution in [0.3, 0.4) is 0 Å². The van der Waals surface area contributed by atoms with Crippen molar-refractivity contribution in [2.75, 3.05) is 13.1 Å². The molecule has 144 valence electrons. The van der Waals surface area contributed by atoms with E-state index in [2.05, 4.69) is 0 Å². The molecule has 1 aliphatic heterocycles. The van der Waals surface area contributed by atoms with Crippen LogP contribution in [0.4, 0.5) is 0 Å². The lowest BCUT2D eigenvalue weighted by molar-refractivity contribution is 0.0472. The largest absolute Gasteiger partial charge is 0.457 e. The third-order valence-corrected chi connectivity index (χ3v) is 6.93. The van der Waals surface area contributed by atoms with Gasteiger partial charge in [0.05, 0.1) is 10.5 Å². The molecular formula is C20H22ClNO4S. The average Bonchev–Trinajstić information content (AvgIpc) is 2.68. The molecule has 0 unspecified atom stereocenters. The molecule has 0 aromatic heterocycles. The van der Waals surface area contributed by atoms with Crippen molar-refractivity contribution >= 4 is 27.6 Å². The maximum Gasteiger partial charge on any atom is 0.338 e. The number of esters is 1. The second-order valence-electron chi connectivity index (χ2n) is 6.65. The number of carbonyl (C=O) groups is 1. The Labute approximate surface area is 165 Å². The van der Waals surface area contributed by atoms with Crippen LogP contribution in [-0.4, -0.2) is 31.8 Å². The standard InChI is InChI=1S/C20H22ClNO4S/c1-15-5-8-17(20(23)26-14-16-6-9-18(21)10-7-16)13-19(15)27(24,25)22-11-3-2-4-12-22/h5-10,13H,2-4,11-12,14H2,1H3. The van der Waals surface area contributed by atoms with E-state index < -0.39 is 16.0 Å². The first kappa shape index (κ1) is 19.9. The fraction of sp³-hybridized carbons (Fsp3) is 0.350. The van der Waals surface area contributed by atoms with E-state index >= 15 is 0 Å². The van der Waals surface area contributed by atoms with Crippen molar-refractivity contribution in [2.24, 2.45) is 0 Å². The number of benzene rings is 2. The molecule has 5 nitrogen and oxygen atoms in total. The number of aryl methyl sites for hydroxylation is 1. The van der Waals surface area contributed by atoms with E-state index in [1.807, 2.05) is 0 Å². The SMILES string of the molecule is Cc1ccc(C(=O)OCc2ccc(Cl)cc2)cc1S(=O)(=O)N1CCCCC1. The van der Waals surface area contributed by atoms with Crippen molar-refractivity contribution in [2.45, 2.75) is 37.7 Å². The maximum atomic E-state index is 13.0. The Morgan fingerprint density at radius 2 is 1.74 bits per heavy atom. The van der Waals surface area contributed by atoms with Gasteiger partial charge in [0.2, 0.25) is 10.0 Å². The van der Waals surface area contributed by atoms with E-state index in [0.29, 0.717) is 23.7 Å². The van der Waals surface area contributed by atoms with Crippen molar-refractivity contribution in [3.8, 4) is 0 Å². The molecule has 0 N–H and O–H groups in total. The second-order valence-corrected chi connectivity index (χ2v) is 8.99. The summed E-state index contributed by atoms with van der Waals surface area (Å²) in [4.78, 5) is 12.6. The van der Waals surface area contributed by atoms with Gasteiger partial charge in [-0.2, -0.15) is 4.31 Å².